The summed E-state index contributed by atoms with van der Waals surface area (Å²) in [5, 5.41) is 10.4. The first-order valence-electron chi connectivity index (χ1n) is 8.07. The summed E-state index contributed by atoms with van der Waals surface area (Å²) >= 11 is 0. The Morgan fingerprint density at radius 1 is 1.32 bits per heavy atom. The van der Waals surface area contributed by atoms with Gasteiger partial charge in [0.05, 0.1) is 39.0 Å². The van der Waals surface area contributed by atoms with Gasteiger partial charge in [-0.15, -0.1) is 0 Å². The number of Topliss-reactive ketones (excluding diaryl/α,β-unsaturated/α-hetero) is 1. The molecule has 0 unspecified atom stereocenters. The van der Waals surface area contributed by atoms with Gasteiger partial charge >= 0.3 is 0 Å². The van der Waals surface area contributed by atoms with Crippen molar-refractivity contribution in [2.75, 3.05) is 27.2 Å². The Morgan fingerprint density at radius 2 is 2.08 bits per heavy atom. The molecule has 0 aliphatic carbocycles. The van der Waals surface area contributed by atoms with Crippen LogP contribution in [0.5, 0.6) is 0 Å². The lowest BCUT2D eigenvalue weighted by Crippen LogP contribution is -3.06. The highest BCUT2D eigenvalue weighted by atomic mass is 16.3. The lowest BCUT2D eigenvalue weighted by molar-refractivity contribution is -0.857. The van der Waals surface area contributed by atoms with E-state index in [4.69, 9.17) is 8.83 Å². The van der Waals surface area contributed by atoms with E-state index < -0.39 is 23.5 Å². The van der Waals surface area contributed by atoms with Crippen LogP contribution in [0.15, 0.2) is 50.7 Å². The van der Waals surface area contributed by atoms with Gasteiger partial charge in [-0.05, 0) is 31.2 Å². The Kier molecular flexibility index (Phi) is 4.50. The van der Waals surface area contributed by atoms with E-state index in [9.17, 15) is 14.7 Å². The predicted octanol–water partition coefficient (Wildman–Crippen LogP) is 0.904. The number of ketones is 1. The van der Waals surface area contributed by atoms with Gasteiger partial charge in [-0.2, -0.15) is 0 Å². The summed E-state index contributed by atoms with van der Waals surface area (Å²) in [7, 11) is 3.93. The first kappa shape index (κ1) is 17.0. The summed E-state index contributed by atoms with van der Waals surface area (Å²) in [6.45, 7) is 2.83. The highest BCUT2D eigenvalue weighted by Crippen LogP contribution is 2.39. The summed E-state index contributed by atoms with van der Waals surface area (Å²) in [5.74, 6) is -0.461. The number of rotatable bonds is 6. The van der Waals surface area contributed by atoms with Gasteiger partial charge in [0, 0.05) is 0 Å². The quantitative estimate of drug-likeness (QED) is 0.760. The second-order valence-electron chi connectivity index (χ2n) is 6.38. The van der Waals surface area contributed by atoms with Crippen molar-refractivity contribution in [2.24, 2.45) is 0 Å². The Bertz CT molecular complexity index is 816. The van der Waals surface area contributed by atoms with E-state index in [0.717, 1.165) is 4.90 Å². The summed E-state index contributed by atoms with van der Waals surface area (Å²) in [6.07, 6.45) is 1.38. The number of nitrogens with one attached hydrogen (secondary N) is 1. The number of nitrogens with zero attached hydrogens (tertiary/aromatic N) is 1. The van der Waals surface area contributed by atoms with E-state index in [0.29, 0.717) is 24.6 Å². The SMILES string of the molecule is Cc1ccc([C@@H]2C(C(=O)c3ccco3)=C(O)C(=O)N2CC[NH+](C)C)o1. The fourth-order valence-corrected chi connectivity index (χ4v) is 2.90. The fraction of sp³-hybridized carbons (Fsp3) is 0.333. The maximum absolute atomic E-state index is 12.8. The highest BCUT2D eigenvalue weighted by Gasteiger charge is 2.46. The second-order valence-corrected chi connectivity index (χ2v) is 6.38. The number of hydrogen-bond acceptors (Lipinski definition) is 5. The van der Waals surface area contributed by atoms with E-state index in [1.54, 1.807) is 25.1 Å². The van der Waals surface area contributed by atoms with Gasteiger partial charge in [-0.1, -0.05) is 0 Å². The smallest absolute Gasteiger partial charge is 0.290 e. The number of quaternary nitrogens is 1. The molecule has 2 aromatic heterocycles. The maximum atomic E-state index is 12.8. The normalized spacial score (nSPS) is 17.8. The van der Waals surface area contributed by atoms with Gasteiger partial charge in [-0.3, -0.25) is 9.59 Å². The van der Waals surface area contributed by atoms with Gasteiger partial charge in [0.25, 0.3) is 5.91 Å². The minimum absolute atomic E-state index is 0.0111. The molecule has 0 saturated carbocycles. The maximum Gasteiger partial charge on any atom is 0.290 e. The van der Waals surface area contributed by atoms with Gasteiger partial charge in [0.15, 0.2) is 11.5 Å². The standard InChI is InChI=1S/C18H20N2O5/c1-11-6-7-12(25-11)15-14(16(21)13-5-4-10-24-13)17(22)18(23)20(15)9-8-19(2)3/h4-7,10,15,22H,8-9H2,1-3H3/p+1/t15-/m1/s1. The lowest BCUT2D eigenvalue weighted by Gasteiger charge is -2.25. The van der Waals surface area contributed by atoms with Crippen molar-refractivity contribution in [1.29, 1.82) is 0 Å². The van der Waals surface area contributed by atoms with Gasteiger partial charge in [-0.25, -0.2) is 0 Å². The van der Waals surface area contributed by atoms with Crippen LogP contribution in [-0.4, -0.2) is 48.9 Å². The summed E-state index contributed by atoms with van der Waals surface area (Å²) in [4.78, 5) is 28.0. The number of carbonyl (C=O) groups excluding carboxylic acids is 2. The summed E-state index contributed by atoms with van der Waals surface area (Å²) < 4.78 is 10.8. The van der Waals surface area contributed by atoms with Crippen LogP contribution in [0.1, 0.15) is 28.1 Å². The average molecular weight is 345 g/mol. The van der Waals surface area contributed by atoms with Crippen LogP contribution in [0.2, 0.25) is 0 Å². The molecule has 2 aromatic rings. The molecule has 25 heavy (non-hydrogen) atoms. The second kappa shape index (κ2) is 6.60. The number of amides is 1. The van der Waals surface area contributed by atoms with Crippen molar-refractivity contribution in [3.05, 3.63) is 59.1 Å². The molecule has 0 bridgehead atoms. The first-order valence-corrected chi connectivity index (χ1v) is 8.07. The van der Waals surface area contributed by atoms with Crippen LogP contribution >= 0.6 is 0 Å². The number of furan rings is 2. The lowest BCUT2D eigenvalue weighted by atomic mass is 10.00. The fourth-order valence-electron chi connectivity index (χ4n) is 2.90. The molecule has 2 N–H and O–H groups in total. The molecule has 132 valence electrons. The van der Waals surface area contributed by atoms with Crippen molar-refractivity contribution in [1.82, 2.24) is 4.90 Å². The largest absolute Gasteiger partial charge is 0.503 e. The molecule has 0 aromatic carbocycles. The molecule has 0 spiro atoms. The molecule has 0 radical (unpaired) electrons. The van der Waals surface area contributed by atoms with Crippen LogP contribution < -0.4 is 4.90 Å². The molecule has 3 heterocycles. The predicted molar refractivity (Wildman–Crippen MR) is 88.3 cm³/mol. The van der Waals surface area contributed by atoms with E-state index in [1.165, 1.54) is 17.2 Å². The van der Waals surface area contributed by atoms with Crippen molar-refractivity contribution in [2.45, 2.75) is 13.0 Å². The zero-order chi connectivity index (χ0) is 18.1. The van der Waals surface area contributed by atoms with Crippen LogP contribution in [0.4, 0.5) is 0 Å². The van der Waals surface area contributed by atoms with Crippen LogP contribution in [0.3, 0.4) is 0 Å². The molecule has 3 rings (SSSR count). The van der Waals surface area contributed by atoms with E-state index in [1.807, 2.05) is 14.1 Å². The number of aliphatic hydroxyl groups excluding tert-OH is 1. The highest BCUT2D eigenvalue weighted by molar-refractivity contribution is 6.14. The zero-order valence-electron chi connectivity index (χ0n) is 14.4. The van der Waals surface area contributed by atoms with E-state index >= 15 is 0 Å². The molecule has 0 saturated heterocycles. The molecule has 0 fully saturated rings. The zero-order valence-corrected chi connectivity index (χ0v) is 14.4. The molecule has 1 atom stereocenters. The molecule has 1 aliphatic heterocycles. The monoisotopic (exact) mass is 345 g/mol. The summed E-state index contributed by atoms with van der Waals surface area (Å²) in [5.41, 5.74) is -0.0111. The summed E-state index contributed by atoms with van der Waals surface area (Å²) in [6, 6.07) is 5.81. The van der Waals surface area contributed by atoms with Crippen molar-refractivity contribution < 1.29 is 28.4 Å². The van der Waals surface area contributed by atoms with Crippen molar-refractivity contribution in [3.8, 4) is 0 Å². The first-order chi connectivity index (χ1) is 11.9. The number of hydrogen-bond donors (Lipinski definition) is 2. The van der Waals surface area contributed by atoms with Crippen LogP contribution in [0.25, 0.3) is 0 Å². The number of aryl methyl sites for hydroxylation is 1. The Morgan fingerprint density at radius 3 is 2.64 bits per heavy atom. The Hall–Kier alpha value is -2.80. The third-order valence-electron chi connectivity index (χ3n) is 4.18. The third kappa shape index (κ3) is 3.10. The molecular formula is C18H21N2O5+. The van der Waals surface area contributed by atoms with E-state index in [2.05, 4.69) is 0 Å². The molecule has 1 amide bonds. The van der Waals surface area contributed by atoms with Crippen LogP contribution in [0, 0.1) is 6.92 Å². The molecule has 1 aliphatic rings. The Balaban J connectivity index is 2.03. The number of likely N-dealkylation sites (N-methyl/N-ethyl adjacent to an activating group) is 1. The minimum Gasteiger partial charge on any atom is -0.503 e. The van der Waals surface area contributed by atoms with Crippen molar-refractivity contribution >= 4 is 11.7 Å². The molecular weight excluding hydrogens is 324 g/mol. The Labute approximate surface area is 145 Å². The molecule has 7 nitrogen and oxygen atoms in total. The third-order valence-corrected chi connectivity index (χ3v) is 4.18. The number of carbonyl (C=O) groups is 2. The van der Waals surface area contributed by atoms with Crippen LogP contribution in [-0.2, 0) is 4.79 Å². The number of aliphatic hydroxyl groups is 1. The molecule has 7 heteroatoms. The van der Waals surface area contributed by atoms with Crippen molar-refractivity contribution in [3.63, 3.8) is 0 Å². The van der Waals surface area contributed by atoms with Gasteiger partial charge in [0.1, 0.15) is 17.6 Å². The van der Waals surface area contributed by atoms with Gasteiger partial charge < -0.3 is 23.7 Å². The topological polar surface area (TPSA) is 88.3 Å². The average Bonchev–Trinajstić information content (AvgIpc) is 3.27. The van der Waals surface area contributed by atoms with Gasteiger partial charge in [0.2, 0.25) is 5.78 Å². The van der Waals surface area contributed by atoms with E-state index in [-0.39, 0.29) is 11.3 Å². The minimum atomic E-state index is -0.766.